The summed E-state index contributed by atoms with van der Waals surface area (Å²) in [6.45, 7) is 1.43. The van der Waals surface area contributed by atoms with Gasteiger partial charge in [-0.25, -0.2) is 4.79 Å². The molecular formula is C13H14N2O4. The van der Waals surface area contributed by atoms with E-state index < -0.39 is 6.09 Å². The van der Waals surface area contributed by atoms with Crippen LogP contribution in [0.2, 0.25) is 0 Å². The number of piperazine rings is 1. The molecule has 1 saturated heterocycles. The van der Waals surface area contributed by atoms with Gasteiger partial charge in [0.2, 0.25) is 0 Å². The molecular weight excluding hydrogens is 248 g/mol. The third kappa shape index (κ3) is 2.90. The zero-order chi connectivity index (χ0) is 13.8. The van der Waals surface area contributed by atoms with E-state index >= 15 is 0 Å². The van der Waals surface area contributed by atoms with Gasteiger partial charge in [0.1, 0.15) is 6.29 Å². The van der Waals surface area contributed by atoms with Gasteiger partial charge in [0.15, 0.2) is 0 Å². The van der Waals surface area contributed by atoms with Gasteiger partial charge in [-0.15, -0.1) is 0 Å². The van der Waals surface area contributed by atoms with E-state index in [1.165, 1.54) is 4.90 Å². The van der Waals surface area contributed by atoms with Gasteiger partial charge in [-0.3, -0.25) is 9.59 Å². The molecule has 1 fully saturated rings. The molecule has 1 aromatic rings. The lowest BCUT2D eigenvalue weighted by atomic mass is 10.1. The zero-order valence-corrected chi connectivity index (χ0v) is 10.3. The largest absolute Gasteiger partial charge is 0.465 e. The average Bonchev–Trinajstić information content (AvgIpc) is 2.46. The Kier molecular flexibility index (Phi) is 3.79. The van der Waals surface area contributed by atoms with Gasteiger partial charge in [-0.1, -0.05) is 12.1 Å². The monoisotopic (exact) mass is 262 g/mol. The highest BCUT2D eigenvalue weighted by molar-refractivity contribution is 5.95. The second-order valence-corrected chi connectivity index (χ2v) is 4.30. The van der Waals surface area contributed by atoms with E-state index in [1.54, 1.807) is 29.2 Å². The maximum Gasteiger partial charge on any atom is 0.407 e. The normalized spacial score (nSPS) is 15.2. The van der Waals surface area contributed by atoms with Gasteiger partial charge in [0.05, 0.1) is 0 Å². The fourth-order valence-corrected chi connectivity index (χ4v) is 1.99. The van der Waals surface area contributed by atoms with Crippen LogP contribution in [0.25, 0.3) is 0 Å². The molecule has 1 aliphatic heterocycles. The molecule has 100 valence electrons. The maximum atomic E-state index is 12.1. The minimum Gasteiger partial charge on any atom is -0.465 e. The van der Waals surface area contributed by atoms with Crippen LogP contribution in [0.4, 0.5) is 4.79 Å². The van der Waals surface area contributed by atoms with E-state index in [0.717, 1.165) is 6.29 Å². The van der Waals surface area contributed by atoms with Crippen molar-refractivity contribution in [1.82, 2.24) is 9.80 Å². The van der Waals surface area contributed by atoms with Crippen LogP contribution in [0.1, 0.15) is 20.7 Å². The van der Waals surface area contributed by atoms with E-state index in [0.29, 0.717) is 37.3 Å². The van der Waals surface area contributed by atoms with E-state index in [2.05, 4.69) is 0 Å². The fourth-order valence-electron chi connectivity index (χ4n) is 1.99. The molecule has 0 bridgehead atoms. The summed E-state index contributed by atoms with van der Waals surface area (Å²) in [6, 6.07) is 6.40. The number of nitrogens with zero attached hydrogens (tertiary/aromatic N) is 2. The van der Waals surface area contributed by atoms with Crippen molar-refractivity contribution in [2.45, 2.75) is 0 Å². The van der Waals surface area contributed by atoms with Crippen molar-refractivity contribution in [3.05, 3.63) is 35.4 Å². The van der Waals surface area contributed by atoms with Crippen LogP contribution in [0.15, 0.2) is 24.3 Å². The molecule has 1 aliphatic rings. The number of hydrogen-bond donors (Lipinski definition) is 1. The van der Waals surface area contributed by atoms with E-state index in [-0.39, 0.29) is 5.91 Å². The number of benzene rings is 1. The number of amides is 2. The highest BCUT2D eigenvalue weighted by Crippen LogP contribution is 2.10. The molecule has 1 aromatic carbocycles. The summed E-state index contributed by atoms with van der Waals surface area (Å²) in [5.41, 5.74) is 1.03. The first kappa shape index (κ1) is 13.1. The molecule has 0 aromatic heterocycles. The van der Waals surface area contributed by atoms with Crippen molar-refractivity contribution in [2.24, 2.45) is 0 Å². The number of rotatable bonds is 2. The van der Waals surface area contributed by atoms with Gasteiger partial charge in [-0.2, -0.15) is 0 Å². The standard InChI is InChI=1S/C13H14N2O4/c16-9-10-1-3-11(4-2-10)12(17)14-5-7-15(8-6-14)13(18)19/h1-4,9H,5-8H2,(H,18,19). The second-order valence-electron chi connectivity index (χ2n) is 4.30. The van der Waals surface area contributed by atoms with Gasteiger partial charge in [0, 0.05) is 37.3 Å². The smallest absolute Gasteiger partial charge is 0.407 e. The highest BCUT2D eigenvalue weighted by atomic mass is 16.4. The van der Waals surface area contributed by atoms with Crippen LogP contribution in [0, 0.1) is 0 Å². The van der Waals surface area contributed by atoms with Crippen LogP contribution >= 0.6 is 0 Å². The molecule has 2 amide bonds. The van der Waals surface area contributed by atoms with Crippen molar-refractivity contribution in [3.63, 3.8) is 0 Å². The summed E-state index contributed by atoms with van der Waals surface area (Å²) >= 11 is 0. The summed E-state index contributed by atoms with van der Waals surface area (Å²) in [5.74, 6) is -0.137. The molecule has 0 aliphatic carbocycles. The van der Waals surface area contributed by atoms with Gasteiger partial charge >= 0.3 is 6.09 Å². The number of aldehydes is 1. The molecule has 0 unspecified atom stereocenters. The summed E-state index contributed by atoms with van der Waals surface area (Å²) < 4.78 is 0. The Labute approximate surface area is 110 Å². The summed E-state index contributed by atoms with van der Waals surface area (Å²) in [6.07, 6.45) is -0.234. The van der Waals surface area contributed by atoms with E-state index in [1.807, 2.05) is 0 Å². The highest BCUT2D eigenvalue weighted by Gasteiger charge is 2.24. The molecule has 6 heteroatoms. The van der Waals surface area contributed by atoms with Crippen molar-refractivity contribution in [1.29, 1.82) is 0 Å². The zero-order valence-electron chi connectivity index (χ0n) is 10.3. The molecule has 0 spiro atoms. The molecule has 19 heavy (non-hydrogen) atoms. The van der Waals surface area contributed by atoms with E-state index in [9.17, 15) is 14.4 Å². The molecule has 1 heterocycles. The third-order valence-electron chi connectivity index (χ3n) is 3.13. The van der Waals surface area contributed by atoms with E-state index in [4.69, 9.17) is 5.11 Å². The Bertz CT molecular complexity index is 490. The third-order valence-corrected chi connectivity index (χ3v) is 3.13. The summed E-state index contributed by atoms with van der Waals surface area (Å²) in [7, 11) is 0. The minimum absolute atomic E-state index is 0.137. The molecule has 0 saturated carbocycles. The predicted molar refractivity (Wildman–Crippen MR) is 67.3 cm³/mol. The number of carbonyl (C=O) groups is 3. The summed E-state index contributed by atoms with van der Waals surface area (Å²) in [5, 5.41) is 8.83. The lowest BCUT2D eigenvalue weighted by molar-refractivity contribution is 0.0624. The van der Waals surface area contributed by atoms with Gasteiger partial charge in [-0.05, 0) is 12.1 Å². The molecule has 0 atom stereocenters. The van der Waals surface area contributed by atoms with Crippen molar-refractivity contribution in [2.75, 3.05) is 26.2 Å². The molecule has 2 rings (SSSR count). The lowest BCUT2D eigenvalue weighted by Gasteiger charge is -2.33. The number of carboxylic acid groups (broad SMARTS) is 1. The molecule has 0 radical (unpaired) electrons. The van der Waals surface area contributed by atoms with Crippen molar-refractivity contribution in [3.8, 4) is 0 Å². The van der Waals surface area contributed by atoms with Crippen LogP contribution in [0.3, 0.4) is 0 Å². The predicted octanol–water partition coefficient (Wildman–Crippen LogP) is 0.935. The van der Waals surface area contributed by atoms with Crippen molar-refractivity contribution >= 4 is 18.3 Å². The first-order valence-electron chi connectivity index (χ1n) is 5.94. The van der Waals surface area contributed by atoms with Gasteiger partial charge in [0.25, 0.3) is 5.91 Å². The Morgan fingerprint density at radius 1 is 1.00 bits per heavy atom. The quantitative estimate of drug-likeness (QED) is 0.804. The first-order valence-corrected chi connectivity index (χ1v) is 5.94. The van der Waals surface area contributed by atoms with Crippen LogP contribution in [-0.4, -0.2) is 59.4 Å². The maximum absolute atomic E-state index is 12.1. The Morgan fingerprint density at radius 2 is 1.53 bits per heavy atom. The fraction of sp³-hybridized carbons (Fsp3) is 0.308. The molecule has 6 nitrogen and oxygen atoms in total. The lowest BCUT2D eigenvalue weighted by Crippen LogP contribution is -2.50. The van der Waals surface area contributed by atoms with Crippen molar-refractivity contribution < 1.29 is 19.5 Å². The second kappa shape index (κ2) is 5.51. The minimum atomic E-state index is -0.956. The average molecular weight is 262 g/mol. The summed E-state index contributed by atoms with van der Waals surface area (Å²) in [4.78, 5) is 36.4. The van der Waals surface area contributed by atoms with Gasteiger partial charge < -0.3 is 14.9 Å². The van der Waals surface area contributed by atoms with Crippen LogP contribution in [0.5, 0.6) is 0 Å². The first-order chi connectivity index (χ1) is 9.11. The number of carbonyl (C=O) groups excluding carboxylic acids is 2. The Hall–Kier alpha value is -2.37. The Morgan fingerprint density at radius 3 is 2.00 bits per heavy atom. The number of hydrogen-bond acceptors (Lipinski definition) is 3. The molecule has 1 N–H and O–H groups in total. The Balaban J connectivity index is 2.00. The van der Waals surface area contributed by atoms with Crippen LogP contribution < -0.4 is 0 Å². The topological polar surface area (TPSA) is 77.9 Å². The SMILES string of the molecule is O=Cc1ccc(C(=O)N2CCN(C(=O)O)CC2)cc1. The van der Waals surface area contributed by atoms with Crippen LogP contribution in [-0.2, 0) is 0 Å².